The Morgan fingerprint density at radius 2 is 1.67 bits per heavy atom. The first kappa shape index (κ1) is 20.3. The van der Waals surface area contributed by atoms with Crippen LogP contribution in [0.2, 0.25) is 0 Å². The van der Waals surface area contributed by atoms with Gasteiger partial charge in [0.15, 0.2) is 9.84 Å². The third kappa shape index (κ3) is 7.66. The van der Waals surface area contributed by atoms with Crippen molar-refractivity contribution in [1.82, 2.24) is 0 Å². The molecule has 0 N–H and O–H groups in total. The molecular formula is C21H28O2S. The summed E-state index contributed by atoms with van der Waals surface area (Å²) in [6.07, 6.45) is 7.80. The zero-order valence-corrected chi connectivity index (χ0v) is 16.0. The van der Waals surface area contributed by atoms with Gasteiger partial charge in [0, 0.05) is 6.42 Å². The molecule has 1 rings (SSSR count). The van der Waals surface area contributed by atoms with Gasteiger partial charge in [-0.2, -0.15) is 0 Å². The van der Waals surface area contributed by atoms with Crippen molar-refractivity contribution in [3.63, 3.8) is 0 Å². The van der Waals surface area contributed by atoms with Gasteiger partial charge in [0.1, 0.15) is 0 Å². The molecule has 0 aliphatic rings. The molecule has 0 saturated heterocycles. The summed E-state index contributed by atoms with van der Waals surface area (Å²) in [6.45, 7) is 7.93. The molecule has 0 radical (unpaired) electrons. The van der Waals surface area contributed by atoms with Gasteiger partial charge in [0.2, 0.25) is 0 Å². The van der Waals surface area contributed by atoms with Crippen molar-refractivity contribution in [2.75, 3.05) is 5.75 Å². The van der Waals surface area contributed by atoms with E-state index in [-0.39, 0.29) is 5.75 Å². The van der Waals surface area contributed by atoms with Crippen LogP contribution in [0.5, 0.6) is 0 Å². The number of allylic oxidation sites excluding steroid dienone is 3. The molecule has 0 atom stereocenters. The van der Waals surface area contributed by atoms with E-state index in [1.807, 2.05) is 39.0 Å². The summed E-state index contributed by atoms with van der Waals surface area (Å²) in [4.78, 5) is 0.393. The fourth-order valence-corrected chi connectivity index (χ4v) is 3.48. The molecular weight excluding hydrogens is 316 g/mol. The van der Waals surface area contributed by atoms with Crippen LogP contribution in [-0.4, -0.2) is 14.2 Å². The van der Waals surface area contributed by atoms with Gasteiger partial charge < -0.3 is 0 Å². The van der Waals surface area contributed by atoms with E-state index in [2.05, 4.69) is 24.8 Å². The van der Waals surface area contributed by atoms with Gasteiger partial charge in [-0.1, -0.05) is 41.0 Å². The fraction of sp³-hybridized carbons (Fsp3) is 0.429. The zero-order valence-electron chi connectivity index (χ0n) is 15.2. The Labute approximate surface area is 147 Å². The molecule has 0 saturated carbocycles. The van der Waals surface area contributed by atoms with E-state index in [0.717, 1.165) is 36.8 Å². The van der Waals surface area contributed by atoms with Crippen molar-refractivity contribution in [3.05, 3.63) is 53.1 Å². The summed E-state index contributed by atoms with van der Waals surface area (Å²) in [5.74, 6) is 6.03. The third-order valence-electron chi connectivity index (χ3n) is 3.88. The largest absolute Gasteiger partial charge is 0.223 e. The number of rotatable bonds is 8. The molecule has 0 aliphatic carbocycles. The molecule has 2 nitrogen and oxygen atoms in total. The van der Waals surface area contributed by atoms with Crippen LogP contribution < -0.4 is 0 Å². The lowest BCUT2D eigenvalue weighted by Gasteiger charge is -2.04. The monoisotopic (exact) mass is 344 g/mol. The Bertz CT molecular complexity index is 739. The lowest BCUT2D eigenvalue weighted by Crippen LogP contribution is -2.05. The van der Waals surface area contributed by atoms with Crippen molar-refractivity contribution >= 4 is 9.84 Å². The highest BCUT2D eigenvalue weighted by Gasteiger charge is 2.12. The topological polar surface area (TPSA) is 34.1 Å². The van der Waals surface area contributed by atoms with Crippen LogP contribution in [0.4, 0.5) is 0 Å². The van der Waals surface area contributed by atoms with Crippen LogP contribution in [0.15, 0.2) is 52.5 Å². The molecule has 3 heteroatoms. The van der Waals surface area contributed by atoms with Gasteiger partial charge >= 0.3 is 0 Å². The molecule has 1 aromatic rings. The van der Waals surface area contributed by atoms with Crippen molar-refractivity contribution in [1.29, 1.82) is 0 Å². The van der Waals surface area contributed by atoms with E-state index in [0.29, 0.717) is 4.90 Å². The van der Waals surface area contributed by atoms with E-state index < -0.39 is 9.84 Å². The molecule has 130 valence electrons. The summed E-state index contributed by atoms with van der Waals surface area (Å²) in [5, 5.41) is 0. The number of benzene rings is 1. The maximum atomic E-state index is 12.3. The predicted octanol–water partition coefficient (Wildman–Crippen LogP) is 5.25. The zero-order chi connectivity index (χ0) is 18.0. The highest BCUT2D eigenvalue weighted by atomic mass is 32.2. The normalized spacial score (nSPS) is 12.7. The van der Waals surface area contributed by atoms with Crippen molar-refractivity contribution in [3.8, 4) is 11.8 Å². The molecule has 0 aromatic heterocycles. The van der Waals surface area contributed by atoms with Gasteiger partial charge in [-0.15, -0.1) is 11.8 Å². The highest BCUT2D eigenvalue weighted by molar-refractivity contribution is 7.91. The Morgan fingerprint density at radius 1 is 1.04 bits per heavy atom. The molecule has 0 aliphatic heterocycles. The Kier molecular flexibility index (Phi) is 8.57. The first-order valence-electron chi connectivity index (χ1n) is 8.35. The average molecular weight is 345 g/mol. The van der Waals surface area contributed by atoms with Crippen LogP contribution in [0.25, 0.3) is 0 Å². The third-order valence-corrected chi connectivity index (χ3v) is 5.48. The Balaban J connectivity index is 2.52. The predicted molar refractivity (Wildman–Crippen MR) is 103 cm³/mol. The van der Waals surface area contributed by atoms with Gasteiger partial charge in [-0.05, 0) is 59.1 Å². The van der Waals surface area contributed by atoms with Crippen LogP contribution in [0.1, 0.15) is 52.0 Å². The first-order valence-corrected chi connectivity index (χ1v) is 10.0. The maximum Gasteiger partial charge on any atom is 0.181 e. The van der Waals surface area contributed by atoms with Crippen molar-refractivity contribution in [2.24, 2.45) is 0 Å². The van der Waals surface area contributed by atoms with Crippen LogP contribution in [-0.2, 0) is 9.84 Å². The summed E-state index contributed by atoms with van der Waals surface area (Å²) < 4.78 is 24.6. The molecule has 0 spiro atoms. The quantitative estimate of drug-likeness (QED) is 0.477. The molecule has 0 amide bonds. The smallest absolute Gasteiger partial charge is 0.181 e. The second kappa shape index (κ2) is 10.2. The molecule has 0 bridgehead atoms. The van der Waals surface area contributed by atoms with Crippen LogP contribution >= 0.6 is 0 Å². The van der Waals surface area contributed by atoms with E-state index in [4.69, 9.17) is 0 Å². The molecule has 0 unspecified atom stereocenters. The number of aryl methyl sites for hydroxylation is 1. The summed E-state index contributed by atoms with van der Waals surface area (Å²) in [5.41, 5.74) is 3.52. The van der Waals surface area contributed by atoms with Gasteiger partial charge in [-0.25, -0.2) is 8.42 Å². The van der Waals surface area contributed by atoms with E-state index in [1.54, 1.807) is 12.1 Å². The lowest BCUT2D eigenvalue weighted by molar-refractivity contribution is 0.599. The molecule has 24 heavy (non-hydrogen) atoms. The minimum absolute atomic E-state index is 0.0662. The van der Waals surface area contributed by atoms with Gasteiger partial charge in [0.05, 0.1) is 10.6 Å². The Morgan fingerprint density at radius 3 is 2.29 bits per heavy atom. The summed E-state index contributed by atoms with van der Waals surface area (Å²) in [6, 6.07) is 7.03. The lowest BCUT2D eigenvalue weighted by atomic mass is 10.1. The van der Waals surface area contributed by atoms with Crippen molar-refractivity contribution < 1.29 is 8.42 Å². The molecule has 0 fully saturated rings. The minimum Gasteiger partial charge on any atom is -0.223 e. The molecule has 1 aromatic carbocycles. The number of sulfone groups is 1. The molecule has 0 heterocycles. The second-order valence-electron chi connectivity index (χ2n) is 6.16. The number of hydrogen-bond donors (Lipinski definition) is 0. The Hall–Kier alpha value is -1.79. The van der Waals surface area contributed by atoms with Crippen LogP contribution in [0.3, 0.4) is 0 Å². The SMILES string of the molecule is CC#CCC/C(C)=C/CC/C(C)=C/CS(=O)(=O)c1ccc(C)cc1. The van der Waals surface area contributed by atoms with Crippen molar-refractivity contribution in [2.45, 2.75) is 58.3 Å². The minimum atomic E-state index is -3.24. The average Bonchev–Trinajstić information content (AvgIpc) is 2.54. The summed E-state index contributed by atoms with van der Waals surface area (Å²) >= 11 is 0. The second-order valence-corrected chi connectivity index (χ2v) is 8.20. The van der Waals surface area contributed by atoms with Gasteiger partial charge in [-0.3, -0.25) is 0 Å². The van der Waals surface area contributed by atoms with E-state index >= 15 is 0 Å². The van der Waals surface area contributed by atoms with E-state index in [1.165, 1.54) is 5.57 Å². The standard InChI is InChI=1S/C21H28O2S/c1-5-6-7-9-18(2)10-8-11-19(3)16-17-24(22,23)21-14-12-20(4)13-15-21/h10,12-16H,7-9,11,17H2,1-4H3/b18-10+,19-16+. The first-order chi connectivity index (χ1) is 11.3. The fourth-order valence-electron chi connectivity index (χ4n) is 2.23. The number of hydrogen-bond acceptors (Lipinski definition) is 2. The van der Waals surface area contributed by atoms with Crippen LogP contribution in [0, 0.1) is 18.8 Å². The highest BCUT2D eigenvalue weighted by Crippen LogP contribution is 2.15. The maximum absolute atomic E-state index is 12.3. The van der Waals surface area contributed by atoms with E-state index in [9.17, 15) is 8.42 Å². The summed E-state index contributed by atoms with van der Waals surface area (Å²) in [7, 11) is -3.24. The van der Waals surface area contributed by atoms with Gasteiger partial charge in [0.25, 0.3) is 0 Å².